The van der Waals surface area contributed by atoms with E-state index >= 15 is 0 Å². The molecule has 0 saturated carbocycles. The van der Waals surface area contributed by atoms with Crippen LogP contribution < -0.4 is 10.6 Å². The molecule has 1 fully saturated rings. The zero-order valence-corrected chi connectivity index (χ0v) is 25.0. The first kappa shape index (κ1) is 32.0. The molecule has 1 unspecified atom stereocenters. The molecule has 0 spiro atoms. The van der Waals surface area contributed by atoms with Crippen LogP contribution in [0.2, 0.25) is 5.02 Å². The summed E-state index contributed by atoms with van der Waals surface area (Å²) in [5.74, 6) is -1.96. The molecule has 3 atom stereocenters. The molecular formula is C31H29ClF4N4O5. The Kier molecular flexibility index (Phi) is 9.19. The predicted molar refractivity (Wildman–Crippen MR) is 157 cm³/mol. The number of amides is 3. The summed E-state index contributed by atoms with van der Waals surface area (Å²) in [6.07, 6.45) is -5.25. The highest BCUT2D eigenvalue weighted by atomic mass is 35.5. The second-order valence-electron chi connectivity index (χ2n) is 10.9. The van der Waals surface area contributed by atoms with E-state index < -0.39 is 58.4 Å². The second kappa shape index (κ2) is 12.9. The lowest BCUT2D eigenvalue weighted by Gasteiger charge is -2.38. The number of halogens is 5. The summed E-state index contributed by atoms with van der Waals surface area (Å²) in [4.78, 5) is 44.2. The van der Waals surface area contributed by atoms with Gasteiger partial charge in [0.2, 0.25) is 5.91 Å². The van der Waals surface area contributed by atoms with E-state index in [1.807, 2.05) is 0 Å². The maximum Gasteiger partial charge on any atom is 0.416 e. The maximum atomic E-state index is 14.9. The van der Waals surface area contributed by atoms with Crippen LogP contribution in [0.25, 0.3) is 11.1 Å². The smallest absolute Gasteiger partial charge is 0.416 e. The number of alkyl halides is 3. The van der Waals surface area contributed by atoms with Crippen LogP contribution in [-0.4, -0.2) is 41.6 Å². The molecule has 3 amide bonds. The number of hydrogen-bond donors (Lipinski definition) is 2. The van der Waals surface area contributed by atoms with Crippen LogP contribution in [0, 0.1) is 11.7 Å². The van der Waals surface area contributed by atoms with Gasteiger partial charge >= 0.3 is 18.4 Å². The van der Waals surface area contributed by atoms with Gasteiger partial charge < -0.3 is 14.8 Å². The molecule has 5 rings (SSSR count). The zero-order valence-electron chi connectivity index (χ0n) is 24.2. The number of aromatic nitrogens is 1. The van der Waals surface area contributed by atoms with Crippen LogP contribution in [-0.2, 0) is 20.4 Å². The van der Waals surface area contributed by atoms with Crippen molar-refractivity contribution in [3.8, 4) is 11.1 Å². The summed E-state index contributed by atoms with van der Waals surface area (Å²) in [5, 5.41) is 5.00. The highest BCUT2D eigenvalue weighted by Crippen LogP contribution is 2.43. The minimum atomic E-state index is -4.89. The Balaban J connectivity index is 1.49. The molecule has 9 nitrogen and oxygen atoms in total. The topological polar surface area (TPSA) is 110 Å². The minimum absolute atomic E-state index is 0.0431. The van der Waals surface area contributed by atoms with Crippen LogP contribution in [0.4, 0.5) is 38.5 Å². The van der Waals surface area contributed by atoms with Crippen LogP contribution in [0.5, 0.6) is 0 Å². The molecule has 14 heteroatoms. The summed E-state index contributed by atoms with van der Waals surface area (Å²) in [5.41, 5.74) is 0.521. The van der Waals surface area contributed by atoms with Gasteiger partial charge in [-0.25, -0.2) is 14.0 Å². The fourth-order valence-electron chi connectivity index (χ4n) is 5.62. The van der Waals surface area contributed by atoms with E-state index in [2.05, 4.69) is 20.4 Å². The maximum absolute atomic E-state index is 14.9. The van der Waals surface area contributed by atoms with Crippen LogP contribution in [0.3, 0.4) is 0 Å². The molecule has 2 N–H and O–H groups in total. The second-order valence-corrected chi connectivity index (χ2v) is 11.3. The van der Waals surface area contributed by atoms with Crippen molar-refractivity contribution in [1.82, 2.24) is 9.88 Å². The number of benzene rings is 2. The Labute approximate surface area is 260 Å². The first-order valence-corrected chi connectivity index (χ1v) is 14.5. The van der Waals surface area contributed by atoms with Crippen LogP contribution in [0.1, 0.15) is 61.6 Å². The zero-order chi connectivity index (χ0) is 32.5. The van der Waals surface area contributed by atoms with Crippen molar-refractivity contribution in [2.45, 2.75) is 50.9 Å². The van der Waals surface area contributed by atoms with E-state index in [4.69, 9.17) is 16.3 Å². The molecule has 2 aromatic carbocycles. The molecule has 2 aliphatic rings. The van der Waals surface area contributed by atoms with E-state index in [-0.39, 0.29) is 18.9 Å². The monoisotopic (exact) mass is 648 g/mol. The lowest BCUT2D eigenvalue weighted by atomic mass is 9.93. The van der Waals surface area contributed by atoms with Crippen molar-refractivity contribution in [2.24, 2.45) is 5.92 Å². The summed E-state index contributed by atoms with van der Waals surface area (Å²) in [6.45, 7) is 1.72. The third-order valence-electron chi connectivity index (χ3n) is 7.95. The van der Waals surface area contributed by atoms with E-state index in [1.54, 1.807) is 43.5 Å². The number of ether oxygens (including phenoxy) is 2. The van der Waals surface area contributed by atoms with Crippen molar-refractivity contribution in [1.29, 1.82) is 0 Å². The number of carbonyl (C=O) groups excluding carboxylic acids is 3. The number of cyclic esters (lactones) is 1. The molecule has 238 valence electrons. The Morgan fingerprint density at radius 1 is 1.13 bits per heavy atom. The van der Waals surface area contributed by atoms with Crippen molar-refractivity contribution >= 4 is 41.1 Å². The van der Waals surface area contributed by atoms with Gasteiger partial charge in [0.1, 0.15) is 11.9 Å². The largest absolute Gasteiger partial charge is 0.453 e. The third kappa shape index (κ3) is 6.82. The fraction of sp³-hybridized carbons (Fsp3) is 0.355. The average Bonchev–Trinajstić information content (AvgIpc) is 3.00. The predicted octanol–water partition coefficient (Wildman–Crippen LogP) is 8.12. The van der Waals surface area contributed by atoms with E-state index in [0.29, 0.717) is 53.5 Å². The first-order chi connectivity index (χ1) is 21.4. The van der Waals surface area contributed by atoms with Crippen LogP contribution >= 0.6 is 11.6 Å². The number of nitrogens with zero attached hydrogens (tertiary/aromatic N) is 2. The summed E-state index contributed by atoms with van der Waals surface area (Å²) < 4.78 is 66.3. The van der Waals surface area contributed by atoms with Gasteiger partial charge in [0.15, 0.2) is 0 Å². The molecule has 2 aliphatic heterocycles. The van der Waals surface area contributed by atoms with Gasteiger partial charge in [0.05, 0.1) is 35.1 Å². The number of methoxy groups -OCH3 is 1. The van der Waals surface area contributed by atoms with Gasteiger partial charge in [-0.1, -0.05) is 31.0 Å². The minimum Gasteiger partial charge on any atom is -0.453 e. The lowest BCUT2D eigenvalue weighted by Crippen LogP contribution is -2.42. The molecule has 0 aliphatic carbocycles. The molecule has 45 heavy (non-hydrogen) atoms. The van der Waals surface area contributed by atoms with Gasteiger partial charge in [0.25, 0.3) is 0 Å². The van der Waals surface area contributed by atoms with Gasteiger partial charge in [-0.2, -0.15) is 13.2 Å². The fourth-order valence-corrected chi connectivity index (χ4v) is 5.79. The standard InChI is InChI=1S/C31H29ClF4N4O5/c1-16-4-3-5-24(40-13-11-25(45-30(40)43)26-20(31(34,35)36)8-9-21(32)27(26)33)23-14-17(10-12-37-23)19-7-6-18(38-29(42)44-2)15-22(19)39-28(16)41/h6-10,12,14-16,24-25H,3-5,11,13H2,1-2H3,(H,38,42)(H,39,41)/t16-,24+,25?/m1/s1. The van der Waals surface area contributed by atoms with Crippen molar-refractivity contribution in [3.05, 3.63) is 76.3 Å². The van der Waals surface area contributed by atoms with Gasteiger partial charge in [-0.05, 0) is 54.8 Å². The number of carbonyl (C=O) groups is 3. The van der Waals surface area contributed by atoms with E-state index in [1.165, 1.54) is 12.0 Å². The number of fused-ring (bicyclic) bond motifs is 4. The SMILES string of the molecule is COC(=O)Nc1ccc2c(c1)NC(=O)[C@H](C)CCC[C@H](N1CCC(c3c(C(F)(F)F)ccc(Cl)c3F)OC1=O)c1cc-2ccn1. The molecule has 1 aromatic heterocycles. The highest BCUT2D eigenvalue weighted by Gasteiger charge is 2.42. The normalized spacial score (nSPS) is 20.6. The molecule has 2 bridgehead atoms. The van der Waals surface area contributed by atoms with Crippen LogP contribution in [0.15, 0.2) is 48.7 Å². The van der Waals surface area contributed by atoms with Gasteiger partial charge in [-0.3, -0.25) is 20.0 Å². The Bertz CT molecular complexity index is 1640. The van der Waals surface area contributed by atoms with Gasteiger partial charge in [0, 0.05) is 41.9 Å². The first-order valence-electron chi connectivity index (χ1n) is 14.2. The van der Waals surface area contributed by atoms with E-state index in [9.17, 15) is 31.9 Å². The summed E-state index contributed by atoms with van der Waals surface area (Å²) in [6, 6.07) is 9.27. The van der Waals surface area contributed by atoms with Crippen molar-refractivity contribution in [2.75, 3.05) is 24.3 Å². The lowest BCUT2D eigenvalue weighted by molar-refractivity contribution is -0.140. The molecule has 0 radical (unpaired) electrons. The number of pyridine rings is 1. The highest BCUT2D eigenvalue weighted by molar-refractivity contribution is 6.30. The number of anilines is 2. The molecule has 3 aromatic rings. The Hall–Kier alpha value is -4.39. The quantitative estimate of drug-likeness (QED) is 0.278. The molecule has 1 saturated heterocycles. The number of rotatable bonds is 3. The van der Waals surface area contributed by atoms with E-state index in [0.717, 1.165) is 6.07 Å². The van der Waals surface area contributed by atoms with Gasteiger partial charge in [-0.15, -0.1) is 0 Å². The Morgan fingerprint density at radius 3 is 2.62 bits per heavy atom. The molecular weight excluding hydrogens is 620 g/mol. The average molecular weight is 649 g/mol. The summed E-state index contributed by atoms with van der Waals surface area (Å²) in [7, 11) is 1.23. The van der Waals surface area contributed by atoms with Crippen molar-refractivity contribution < 1.29 is 41.4 Å². The number of nitrogens with one attached hydrogen (secondary N) is 2. The third-order valence-corrected chi connectivity index (χ3v) is 8.24. The Morgan fingerprint density at radius 2 is 1.91 bits per heavy atom. The molecule has 3 heterocycles. The van der Waals surface area contributed by atoms with Crippen molar-refractivity contribution in [3.63, 3.8) is 0 Å². The number of hydrogen-bond acceptors (Lipinski definition) is 6. The summed E-state index contributed by atoms with van der Waals surface area (Å²) >= 11 is 5.81.